The van der Waals surface area contributed by atoms with Gasteiger partial charge in [-0.1, -0.05) is 25.1 Å². The van der Waals surface area contributed by atoms with Crippen LogP contribution in [0.3, 0.4) is 0 Å². The third-order valence-electron chi connectivity index (χ3n) is 5.10. The molecule has 0 unspecified atom stereocenters. The van der Waals surface area contributed by atoms with E-state index in [1.165, 1.54) is 0 Å². The Balaban J connectivity index is 1.67. The summed E-state index contributed by atoms with van der Waals surface area (Å²) >= 11 is 0. The molecule has 0 radical (unpaired) electrons. The number of amides is 2. The summed E-state index contributed by atoms with van der Waals surface area (Å²) < 4.78 is 10.6. The van der Waals surface area contributed by atoms with Crippen LogP contribution in [0, 0.1) is 5.92 Å². The van der Waals surface area contributed by atoms with E-state index in [-0.39, 0.29) is 24.2 Å². The molecule has 1 atom stereocenters. The fourth-order valence-electron chi connectivity index (χ4n) is 3.54. The molecule has 0 bridgehead atoms. The Morgan fingerprint density at radius 2 is 1.93 bits per heavy atom. The molecule has 2 amide bonds. The van der Waals surface area contributed by atoms with Gasteiger partial charge in [0.1, 0.15) is 11.5 Å². The van der Waals surface area contributed by atoms with Gasteiger partial charge in [-0.05, 0) is 36.2 Å². The highest BCUT2D eigenvalue weighted by Crippen LogP contribution is 2.29. The van der Waals surface area contributed by atoms with Crippen molar-refractivity contribution in [1.82, 2.24) is 5.32 Å². The van der Waals surface area contributed by atoms with Crippen molar-refractivity contribution >= 4 is 17.5 Å². The van der Waals surface area contributed by atoms with Crippen molar-refractivity contribution in [3.8, 4) is 11.5 Å². The number of hydrogen-bond donors (Lipinski definition) is 1. The van der Waals surface area contributed by atoms with Crippen LogP contribution in [0.15, 0.2) is 42.5 Å². The molecule has 1 fully saturated rings. The van der Waals surface area contributed by atoms with Crippen LogP contribution >= 0.6 is 0 Å². The zero-order valence-corrected chi connectivity index (χ0v) is 16.5. The minimum absolute atomic E-state index is 0.0139. The first-order valence-corrected chi connectivity index (χ1v) is 9.44. The quantitative estimate of drug-likeness (QED) is 0.800. The number of benzene rings is 2. The predicted molar refractivity (Wildman–Crippen MR) is 108 cm³/mol. The molecular weight excluding hydrogens is 356 g/mol. The van der Waals surface area contributed by atoms with E-state index in [9.17, 15) is 9.59 Å². The lowest BCUT2D eigenvalue weighted by atomic mass is 10.1. The second-order valence-corrected chi connectivity index (χ2v) is 6.78. The number of carbonyl (C=O) groups is 2. The zero-order valence-electron chi connectivity index (χ0n) is 16.5. The summed E-state index contributed by atoms with van der Waals surface area (Å²) in [5, 5.41) is 2.93. The maximum absolute atomic E-state index is 12.7. The number of carbonyl (C=O) groups excluding carboxylic acids is 2. The number of ether oxygens (including phenoxy) is 2. The molecule has 148 valence electrons. The number of methoxy groups -OCH3 is 2. The standard InChI is InChI=1S/C22H26N2O4/c1-4-15-7-5-6-8-19(15)24-14-17(12-21(24)25)22(26)23-13-16-11-18(27-2)9-10-20(16)28-3/h5-11,17H,4,12-14H2,1-3H3,(H,23,26)/t17-/m1/s1. The highest BCUT2D eigenvalue weighted by Gasteiger charge is 2.35. The second kappa shape index (κ2) is 8.78. The van der Waals surface area contributed by atoms with Gasteiger partial charge in [-0.15, -0.1) is 0 Å². The lowest BCUT2D eigenvalue weighted by Crippen LogP contribution is -2.33. The van der Waals surface area contributed by atoms with Gasteiger partial charge in [-0.25, -0.2) is 0 Å². The molecule has 6 heteroatoms. The fraction of sp³-hybridized carbons (Fsp3) is 0.364. The van der Waals surface area contributed by atoms with Gasteiger partial charge >= 0.3 is 0 Å². The summed E-state index contributed by atoms with van der Waals surface area (Å²) in [5.41, 5.74) is 2.84. The average Bonchev–Trinajstić information content (AvgIpc) is 3.13. The zero-order chi connectivity index (χ0) is 20.1. The summed E-state index contributed by atoms with van der Waals surface area (Å²) in [5.74, 6) is 0.870. The highest BCUT2D eigenvalue weighted by molar-refractivity contribution is 6.00. The van der Waals surface area contributed by atoms with Crippen LogP contribution in [0.1, 0.15) is 24.5 Å². The van der Waals surface area contributed by atoms with Crippen LogP contribution in [-0.4, -0.2) is 32.6 Å². The van der Waals surface area contributed by atoms with Gasteiger partial charge in [0.25, 0.3) is 0 Å². The monoisotopic (exact) mass is 382 g/mol. The molecular formula is C22H26N2O4. The van der Waals surface area contributed by atoms with Crippen LogP contribution in [0.2, 0.25) is 0 Å². The van der Waals surface area contributed by atoms with Crippen molar-refractivity contribution in [2.75, 3.05) is 25.7 Å². The van der Waals surface area contributed by atoms with Crippen molar-refractivity contribution in [3.63, 3.8) is 0 Å². The van der Waals surface area contributed by atoms with Crippen molar-refractivity contribution in [1.29, 1.82) is 0 Å². The van der Waals surface area contributed by atoms with Crippen LogP contribution in [0.5, 0.6) is 11.5 Å². The fourth-order valence-corrected chi connectivity index (χ4v) is 3.54. The minimum Gasteiger partial charge on any atom is -0.497 e. The van der Waals surface area contributed by atoms with E-state index < -0.39 is 0 Å². The summed E-state index contributed by atoms with van der Waals surface area (Å²) in [6.45, 7) is 2.78. The van der Waals surface area contributed by atoms with E-state index in [4.69, 9.17) is 9.47 Å². The molecule has 3 rings (SSSR count). The smallest absolute Gasteiger partial charge is 0.227 e. The third kappa shape index (κ3) is 4.11. The average molecular weight is 382 g/mol. The van der Waals surface area contributed by atoms with Crippen LogP contribution < -0.4 is 19.7 Å². The number of hydrogen-bond acceptors (Lipinski definition) is 4. The molecule has 1 aliphatic rings. The maximum atomic E-state index is 12.7. The van der Waals surface area contributed by atoms with Crippen molar-refractivity contribution in [2.45, 2.75) is 26.3 Å². The number of rotatable bonds is 7. The largest absolute Gasteiger partial charge is 0.497 e. The van der Waals surface area contributed by atoms with Gasteiger partial charge in [0, 0.05) is 30.8 Å². The summed E-state index contributed by atoms with van der Waals surface area (Å²) in [4.78, 5) is 26.9. The van der Waals surface area contributed by atoms with Gasteiger partial charge in [-0.2, -0.15) is 0 Å². The molecule has 6 nitrogen and oxygen atoms in total. The molecule has 28 heavy (non-hydrogen) atoms. The minimum atomic E-state index is -0.367. The molecule has 1 aliphatic heterocycles. The van der Waals surface area contributed by atoms with E-state index in [1.807, 2.05) is 42.5 Å². The van der Waals surface area contributed by atoms with Crippen LogP contribution in [0.25, 0.3) is 0 Å². The van der Waals surface area contributed by atoms with Gasteiger partial charge in [0.05, 0.1) is 20.1 Å². The number of para-hydroxylation sites is 1. The number of anilines is 1. The lowest BCUT2D eigenvalue weighted by molar-refractivity contribution is -0.126. The SMILES string of the molecule is CCc1ccccc1N1C[C@H](C(=O)NCc2cc(OC)ccc2OC)CC1=O. The Morgan fingerprint density at radius 1 is 1.14 bits per heavy atom. The Hall–Kier alpha value is -3.02. The molecule has 0 saturated carbocycles. The Bertz CT molecular complexity index is 865. The summed E-state index contributed by atoms with van der Waals surface area (Å²) in [6.07, 6.45) is 1.06. The van der Waals surface area contributed by atoms with Crippen LogP contribution in [-0.2, 0) is 22.6 Å². The van der Waals surface area contributed by atoms with Gasteiger partial charge in [-0.3, -0.25) is 9.59 Å². The van der Waals surface area contributed by atoms with Gasteiger partial charge < -0.3 is 19.7 Å². The van der Waals surface area contributed by atoms with E-state index in [1.54, 1.807) is 19.1 Å². The highest BCUT2D eigenvalue weighted by atomic mass is 16.5. The van der Waals surface area contributed by atoms with Crippen molar-refractivity contribution in [3.05, 3.63) is 53.6 Å². The van der Waals surface area contributed by atoms with Gasteiger partial charge in [0.2, 0.25) is 11.8 Å². The molecule has 2 aromatic rings. The number of nitrogens with zero attached hydrogens (tertiary/aromatic N) is 1. The summed E-state index contributed by atoms with van der Waals surface area (Å²) in [7, 11) is 3.18. The Kier molecular flexibility index (Phi) is 6.19. The second-order valence-electron chi connectivity index (χ2n) is 6.78. The van der Waals surface area contributed by atoms with Gasteiger partial charge in [0.15, 0.2) is 0 Å². The number of nitrogens with one attached hydrogen (secondary N) is 1. The molecule has 1 heterocycles. The number of aryl methyl sites for hydroxylation is 1. The first kappa shape index (κ1) is 19.7. The topological polar surface area (TPSA) is 67.9 Å². The first-order valence-electron chi connectivity index (χ1n) is 9.44. The Labute approximate surface area is 165 Å². The Morgan fingerprint density at radius 3 is 2.64 bits per heavy atom. The van der Waals surface area contributed by atoms with E-state index in [0.717, 1.165) is 23.2 Å². The molecule has 0 aromatic heterocycles. The van der Waals surface area contributed by atoms with Crippen molar-refractivity contribution in [2.24, 2.45) is 5.92 Å². The van der Waals surface area contributed by atoms with E-state index >= 15 is 0 Å². The first-order chi connectivity index (χ1) is 13.6. The third-order valence-corrected chi connectivity index (χ3v) is 5.10. The van der Waals surface area contributed by atoms with E-state index in [0.29, 0.717) is 24.6 Å². The lowest BCUT2D eigenvalue weighted by Gasteiger charge is -2.20. The van der Waals surface area contributed by atoms with Crippen molar-refractivity contribution < 1.29 is 19.1 Å². The van der Waals surface area contributed by atoms with E-state index in [2.05, 4.69) is 12.2 Å². The van der Waals surface area contributed by atoms with Crippen LogP contribution in [0.4, 0.5) is 5.69 Å². The molecule has 1 N–H and O–H groups in total. The summed E-state index contributed by atoms with van der Waals surface area (Å²) in [6, 6.07) is 13.3. The molecule has 0 spiro atoms. The molecule has 1 saturated heterocycles. The molecule has 0 aliphatic carbocycles. The maximum Gasteiger partial charge on any atom is 0.227 e. The predicted octanol–water partition coefficient (Wildman–Crippen LogP) is 2.94. The normalized spacial score (nSPS) is 16.2. The molecule has 2 aromatic carbocycles.